The molecule has 0 spiro atoms. The molecule has 5 nitrogen and oxygen atoms in total. The zero-order valence-electron chi connectivity index (χ0n) is 11.2. The minimum atomic E-state index is -0.209. The monoisotopic (exact) mass is 270 g/mol. The second-order valence-corrected chi connectivity index (χ2v) is 4.39. The maximum atomic E-state index is 11.7. The van der Waals surface area contributed by atoms with Gasteiger partial charge in [0.05, 0.1) is 0 Å². The van der Waals surface area contributed by atoms with Gasteiger partial charge in [0, 0.05) is 31.2 Å². The number of amides is 2. The third-order valence-electron chi connectivity index (χ3n) is 2.90. The average Bonchev–Trinajstić information content (AvgIpc) is 2.49. The lowest BCUT2D eigenvalue weighted by molar-refractivity contribution is 0.252. The van der Waals surface area contributed by atoms with Gasteiger partial charge in [-0.2, -0.15) is 0 Å². The van der Waals surface area contributed by atoms with Gasteiger partial charge in [-0.05, 0) is 41.8 Å². The standard InChI is InChI=1S/C15H18N4O/c16-11-13-1-3-14(4-2-13)19-15(20)18-10-7-12-5-8-17-9-6-12/h1-6,8-9H,7,10-11,16H2,(H2,18,19,20). The smallest absolute Gasteiger partial charge is 0.319 e. The molecule has 0 saturated carbocycles. The Hall–Kier alpha value is -2.40. The Morgan fingerprint density at radius 3 is 2.40 bits per heavy atom. The molecule has 2 aromatic rings. The molecule has 1 aromatic heterocycles. The summed E-state index contributed by atoms with van der Waals surface area (Å²) < 4.78 is 0. The lowest BCUT2D eigenvalue weighted by Gasteiger charge is -2.08. The second kappa shape index (κ2) is 7.25. The van der Waals surface area contributed by atoms with Crippen LogP contribution in [0.3, 0.4) is 0 Å². The Morgan fingerprint density at radius 2 is 1.75 bits per heavy atom. The molecule has 104 valence electrons. The molecule has 0 aliphatic carbocycles. The van der Waals surface area contributed by atoms with Crippen LogP contribution in [0.2, 0.25) is 0 Å². The maximum Gasteiger partial charge on any atom is 0.319 e. The van der Waals surface area contributed by atoms with E-state index in [0.717, 1.165) is 23.2 Å². The number of carbonyl (C=O) groups excluding carboxylic acids is 1. The van der Waals surface area contributed by atoms with Crippen molar-refractivity contribution in [3.05, 3.63) is 59.9 Å². The molecule has 0 radical (unpaired) electrons. The van der Waals surface area contributed by atoms with Crippen molar-refractivity contribution in [3.63, 3.8) is 0 Å². The third kappa shape index (κ3) is 4.37. The molecule has 20 heavy (non-hydrogen) atoms. The molecule has 0 unspecified atom stereocenters. The number of anilines is 1. The minimum absolute atomic E-state index is 0.209. The highest BCUT2D eigenvalue weighted by Crippen LogP contribution is 2.08. The average molecular weight is 270 g/mol. The summed E-state index contributed by atoms with van der Waals surface area (Å²) in [5.41, 5.74) is 8.45. The predicted octanol–water partition coefficient (Wildman–Crippen LogP) is 1.90. The van der Waals surface area contributed by atoms with Crippen LogP contribution in [0.25, 0.3) is 0 Å². The lowest BCUT2D eigenvalue weighted by atomic mass is 10.2. The number of rotatable bonds is 5. The van der Waals surface area contributed by atoms with E-state index in [9.17, 15) is 4.79 Å². The Morgan fingerprint density at radius 1 is 1.05 bits per heavy atom. The third-order valence-corrected chi connectivity index (χ3v) is 2.90. The number of benzene rings is 1. The van der Waals surface area contributed by atoms with Gasteiger partial charge in [-0.25, -0.2) is 4.79 Å². The van der Waals surface area contributed by atoms with E-state index in [1.54, 1.807) is 12.4 Å². The maximum absolute atomic E-state index is 11.7. The van der Waals surface area contributed by atoms with Crippen molar-refractivity contribution >= 4 is 11.7 Å². The van der Waals surface area contributed by atoms with Crippen molar-refractivity contribution in [3.8, 4) is 0 Å². The number of nitrogens with two attached hydrogens (primary N) is 1. The summed E-state index contributed by atoms with van der Waals surface area (Å²) in [7, 11) is 0. The quantitative estimate of drug-likeness (QED) is 0.776. The van der Waals surface area contributed by atoms with Crippen molar-refractivity contribution in [2.45, 2.75) is 13.0 Å². The second-order valence-electron chi connectivity index (χ2n) is 4.39. The van der Waals surface area contributed by atoms with E-state index in [-0.39, 0.29) is 6.03 Å². The van der Waals surface area contributed by atoms with Crippen LogP contribution in [-0.2, 0) is 13.0 Å². The zero-order valence-corrected chi connectivity index (χ0v) is 11.2. The van der Waals surface area contributed by atoms with Crippen molar-refractivity contribution in [2.75, 3.05) is 11.9 Å². The van der Waals surface area contributed by atoms with Crippen LogP contribution in [0.1, 0.15) is 11.1 Å². The first-order valence-corrected chi connectivity index (χ1v) is 6.50. The summed E-state index contributed by atoms with van der Waals surface area (Å²) in [5, 5.41) is 5.59. The fourth-order valence-electron chi connectivity index (χ4n) is 1.77. The van der Waals surface area contributed by atoms with E-state index in [1.165, 1.54) is 0 Å². The highest BCUT2D eigenvalue weighted by molar-refractivity contribution is 5.89. The van der Waals surface area contributed by atoms with Gasteiger partial charge in [0.2, 0.25) is 0 Å². The van der Waals surface area contributed by atoms with Crippen LogP contribution < -0.4 is 16.4 Å². The van der Waals surface area contributed by atoms with Crippen molar-refractivity contribution in [2.24, 2.45) is 5.73 Å². The fourth-order valence-corrected chi connectivity index (χ4v) is 1.77. The zero-order chi connectivity index (χ0) is 14.2. The van der Waals surface area contributed by atoms with Crippen molar-refractivity contribution in [1.29, 1.82) is 0 Å². The van der Waals surface area contributed by atoms with E-state index < -0.39 is 0 Å². The van der Waals surface area contributed by atoms with E-state index in [0.29, 0.717) is 13.1 Å². The highest BCUT2D eigenvalue weighted by Gasteiger charge is 2.01. The molecule has 1 heterocycles. The van der Waals surface area contributed by atoms with Gasteiger partial charge in [0.25, 0.3) is 0 Å². The number of hydrogen-bond acceptors (Lipinski definition) is 3. The van der Waals surface area contributed by atoms with Crippen LogP contribution >= 0.6 is 0 Å². The Balaban J connectivity index is 1.74. The van der Waals surface area contributed by atoms with Crippen LogP contribution in [0.15, 0.2) is 48.8 Å². The van der Waals surface area contributed by atoms with Gasteiger partial charge in [0.1, 0.15) is 0 Å². The SMILES string of the molecule is NCc1ccc(NC(=O)NCCc2ccncc2)cc1. The van der Waals surface area contributed by atoms with Gasteiger partial charge < -0.3 is 16.4 Å². The summed E-state index contributed by atoms with van der Waals surface area (Å²) in [6.45, 7) is 1.08. The topological polar surface area (TPSA) is 80.0 Å². The lowest BCUT2D eigenvalue weighted by Crippen LogP contribution is -2.30. The molecular weight excluding hydrogens is 252 g/mol. The molecular formula is C15H18N4O. The first-order chi connectivity index (χ1) is 9.78. The summed E-state index contributed by atoms with van der Waals surface area (Å²) in [5.74, 6) is 0. The predicted molar refractivity (Wildman–Crippen MR) is 79.3 cm³/mol. The largest absolute Gasteiger partial charge is 0.338 e. The molecule has 5 heteroatoms. The number of nitrogens with zero attached hydrogens (tertiary/aromatic N) is 1. The van der Waals surface area contributed by atoms with Gasteiger partial charge >= 0.3 is 6.03 Å². The van der Waals surface area contributed by atoms with E-state index in [2.05, 4.69) is 15.6 Å². The molecule has 0 aliphatic heterocycles. The Bertz CT molecular complexity index is 540. The molecule has 2 amide bonds. The molecule has 0 atom stereocenters. The number of urea groups is 1. The summed E-state index contributed by atoms with van der Waals surface area (Å²) in [6.07, 6.45) is 4.27. The highest BCUT2D eigenvalue weighted by atomic mass is 16.2. The van der Waals surface area contributed by atoms with Crippen molar-refractivity contribution < 1.29 is 4.79 Å². The number of nitrogens with one attached hydrogen (secondary N) is 2. The summed E-state index contributed by atoms with van der Waals surface area (Å²) >= 11 is 0. The van der Waals surface area contributed by atoms with Gasteiger partial charge in [-0.1, -0.05) is 12.1 Å². The first kappa shape index (κ1) is 14.0. The van der Waals surface area contributed by atoms with Crippen LogP contribution in [0.5, 0.6) is 0 Å². The molecule has 2 rings (SSSR count). The first-order valence-electron chi connectivity index (χ1n) is 6.50. The normalized spacial score (nSPS) is 10.1. The molecule has 0 bridgehead atoms. The molecule has 4 N–H and O–H groups in total. The Labute approximate surface area is 118 Å². The number of carbonyl (C=O) groups is 1. The van der Waals surface area contributed by atoms with Crippen LogP contribution in [-0.4, -0.2) is 17.6 Å². The summed E-state index contributed by atoms with van der Waals surface area (Å²) in [4.78, 5) is 15.6. The van der Waals surface area contributed by atoms with Crippen LogP contribution in [0, 0.1) is 0 Å². The number of hydrogen-bond donors (Lipinski definition) is 3. The van der Waals surface area contributed by atoms with Gasteiger partial charge in [0.15, 0.2) is 0 Å². The molecule has 0 fully saturated rings. The van der Waals surface area contributed by atoms with E-state index >= 15 is 0 Å². The fraction of sp³-hybridized carbons (Fsp3) is 0.200. The van der Waals surface area contributed by atoms with E-state index in [4.69, 9.17) is 5.73 Å². The van der Waals surface area contributed by atoms with Crippen LogP contribution in [0.4, 0.5) is 10.5 Å². The number of pyridine rings is 1. The van der Waals surface area contributed by atoms with E-state index in [1.807, 2.05) is 36.4 Å². The molecule has 0 saturated heterocycles. The van der Waals surface area contributed by atoms with Gasteiger partial charge in [-0.15, -0.1) is 0 Å². The summed E-state index contributed by atoms with van der Waals surface area (Å²) in [6, 6.07) is 11.1. The molecule has 1 aromatic carbocycles. The Kier molecular flexibility index (Phi) is 5.08. The minimum Gasteiger partial charge on any atom is -0.338 e. The number of aromatic nitrogens is 1. The van der Waals surface area contributed by atoms with Gasteiger partial charge in [-0.3, -0.25) is 4.98 Å². The molecule has 0 aliphatic rings. The van der Waals surface area contributed by atoms with Crippen molar-refractivity contribution in [1.82, 2.24) is 10.3 Å².